The molecular weight excluding hydrogens is 489 g/mol. The SMILES string of the molecule is [BiH3].[Co].[Mo].[Ni].[O]=[V]. The van der Waals surface area contributed by atoms with Crippen molar-refractivity contribution in [1.29, 1.82) is 0 Å². The van der Waals surface area contributed by atoms with E-state index in [1.54, 1.807) is 0 Å². The molecule has 0 aliphatic carbocycles. The molecule has 0 bridgehead atoms. The van der Waals surface area contributed by atoms with Gasteiger partial charge in [0.1, 0.15) is 0 Å². The molecule has 44 valence electrons. The topological polar surface area (TPSA) is 17.1 Å². The predicted octanol–water partition coefficient (Wildman–Crippen LogP) is -1.31. The van der Waals surface area contributed by atoms with Crippen molar-refractivity contribution in [2.45, 2.75) is 0 Å². The number of hydrogen-bond acceptors (Lipinski definition) is 1. The second-order valence-corrected chi connectivity index (χ2v) is 0. The molecule has 1 nitrogen and oxygen atoms in total. The minimum absolute atomic E-state index is 0. The molecule has 1 radical (unpaired) electrons. The Labute approximate surface area is 99.9 Å². The molecule has 0 aliphatic rings. The van der Waals surface area contributed by atoms with Gasteiger partial charge in [0.2, 0.25) is 0 Å². The zero-order chi connectivity index (χ0) is 2.00. The van der Waals surface area contributed by atoms with Gasteiger partial charge in [0, 0.05) is 54.3 Å². The summed E-state index contributed by atoms with van der Waals surface area (Å²) in [4.78, 5) is 0. The number of hydrogen-bond donors (Lipinski definition) is 0. The van der Waals surface area contributed by atoms with Gasteiger partial charge < -0.3 is 0 Å². The van der Waals surface area contributed by atoms with Crippen LogP contribution in [-0.2, 0) is 75.4 Å². The molecule has 0 rings (SSSR count). The van der Waals surface area contributed by atoms with Crippen LogP contribution in [0.4, 0.5) is 0 Å². The van der Waals surface area contributed by atoms with E-state index in [9.17, 15) is 0 Å². The van der Waals surface area contributed by atoms with Gasteiger partial charge in [-0.2, -0.15) is 0 Å². The van der Waals surface area contributed by atoms with Gasteiger partial charge in [-0.25, -0.2) is 0 Å². The second kappa shape index (κ2) is 44.1. The first kappa shape index (κ1) is 36.2. The standard InChI is InChI=1S/Bi.Co.Mo.Ni.O.V.3H. The Hall–Kier alpha value is 2.96. The summed E-state index contributed by atoms with van der Waals surface area (Å²) in [6.45, 7) is 0. The molecule has 0 aliphatic heterocycles. The van der Waals surface area contributed by atoms with Crippen molar-refractivity contribution in [1.82, 2.24) is 0 Å². The van der Waals surface area contributed by atoms with Crippen LogP contribution in [0.2, 0.25) is 0 Å². The summed E-state index contributed by atoms with van der Waals surface area (Å²) in [5, 5.41) is 0. The average molecular weight is 493 g/mol. The second-order valence-electron chi connectivity index (χ2n) is 0. The van der Waals surface area contributed by atoms with E-state index in [1.807, 2.05) is 0 Å². The van der Waals surface area contributed by atoms with Gasteiger partial charge in [0.25, 0.3) is 0 Å². The Balaban J connectivity index is -0.000000000833. The molecule has 0 spiro atoms. The van der Waals surface area contributed by atoms with Crippen LogP contribution < -0.4 is 0 Å². The summed E-state index contributed by atoms with van der Waals surface area (Å²) >= 11 is 1.06. The molecule has 0 saturated carbocycles. The molecule has 0 atom stereocenters. The average Bonchev–Trinajstić information content (AvgIpc) is 1.00. The fraction of sp³-hybridized carbons (Fsp3) is 0. The first-order valence-corrected chi connectivity index (χ1v) is 0.753. The van der Waals surface area contributed by atoms with E-state index in [0.717, 1.165) is 17.4 Å². The van der Waals surface area contributed by atoms with E-state index in [0.29, 0.717) is 0 Å². The van der Waals surface area contributed by atoms with Crippen LogP contribution in [0.25, 0.3) is 0 Å². The summed E-state index contributed by atoms with van der Waals surface area (Å²) < 4.78 is 8.19. The molecule has 0 amide bonds. The summed E-state index contributed by atoms with van der Waals surface area (Å²) in [6, 6.07) is 0. The van der Waals surface area contributed by atoms with Crippen molar-refractivity contribution in [3.05, 3.63) is 0 Å². The quantitative estimate of drug-likeness (QED) is 0.384. The first-order valence-electron chi connectivity index (χ1n) is 0.183. The summed E-state index contributed by atoms with van der Waals surface area (Å²) in [6.07, 6.45) is 0. The van der Waals surface area contributed by atoms with Crippen molar-refractivity contribution in [2.75, 3.05) is 0 Å². The normalized spacial score (nSPS) is 0.500. The van der Waals surface area contributed by atoms with Gasteiger partial charge in [-0.1, -0.05) is 0 Å². The van der Waals surface area contributed by atoms with Crippen molar-refractivity contribution < 1.29 is 75.4 Å². The van der Waals surface area contributed by atoms with E-state index in [1.165, 1.54) is 0 Å². The van der Waals surface area contributed by atoms with Crippen LogP contribution in [0, 0.1) is 0 Å². The molecule has 6 heavy (non-hydrogen) atoms. The summed E-state index contributed by atoms with van der Waals surface area (Å²) in [5.41, 5.74) is 0. The maximum absolute atomic E-state index is 8.19. The van der Waals surface area contributed by atoms with Gasteiger partial charge in [0.15, 0.2) is 0 Å². The third-order valence-electron chi connectivity index (χ3n) is 0. The van der Waals surface area contributed by atoms with Crippen molar-refractivity contribution in [3.8, 4) is 0 Å². The molecule has 0 fully saturated rings. The third-order valence-corrected chi connectivity index (χ3v) is 0. The monoisotopic (exact) mass is 494 g/mol. The maximum atomic E-state index is 8.19. The Morgan fingerprint density at radius 2 is 1.17 bits per heavy atom. The molecule has 0 heterocycles. The van der Waals surface area contributed by atoms with Gasteiger partial charge in [-0.3, -0.25) is 0 Å². The molecule has 0 unspecified atom stereocenters. The minimum atomic E-state index is 0. The Morgan fingerprint density at radius 3 is 1.17 bits per heavy atom. The molecule has 0 saturated heterocycles. The van der Waals surface area contributed by atoms with Crippen LogP contribution in [0.5, 0.6) is 0 Å². The van der Waals surface area contributed by atoms with Gasteiger partial charge in [-0.15, -0.1) is 0 Å². The van der Waals surface area contributed by atoms with E-state index in [2.05, 4.69) is 0 Å². The zero-order valence-corrected chi connectivity index (χ0v) is 13.6. The van der Waals surface area contributed by atoms with E-state index >= 15 is 0 Å². The molecule has 0 aromatic carbocycles. The molecular formula is H3BiCoMoNiOV. The van der Waals surface area contributed by atoms with Crippen molar-refractivity contribution in [2.24, 2.45) is 0 Å². The molecule has 0 N–H and O–H groups in total. The van der Waals surface area contributed by atoms with Gasteiger partial charge in [-0.05, 0) is 0 Å². The van der Waals surface area contributed by atoms with Crippen molar-refractivity contribution >= 4 is 26.2 Å². The third kappa shape index (κ3) is 28.2. The Bertz CT molecular complexity index is 15.5. The predicted molar refractivity (Wildman–Crippen MR) is 10.6 cm³/mol. The van der Waals surface area contributed by atoms with Crippen LogP contribution in [0.1, 0.15) is 0 Å². The Kier molecular flexibility index (Phi) is 266. The van der Waals surface area contributed by atoms with E-state index < -0.39 is 0 Å². The molecule has 0 aromatic rings. The van der Waals surface area contributed by atoms with Gasteiger partial charge in [0.05, 0.1) is 0 Å². The van der Waals surface area contributed by atoms with Crippen LogP contribution in [0.3, 0.4) is 0 Å². The van der Waals surface area contributed by atoms with Crippen LogP contribution >= 0.6 is 0 Å². The zero-order valence-electron chi connectivity index (χ0n) is 2.62. The van der Waals surface area contributed by atoms with Gasteiger partial charge >= 0.3 is 47.2 Å². The van der Waals surface area contributed by atoms with Crippen LogP contribution in [0.15, 0.2) is 0 Å². The summed E-state index contributed by atoms with van der Waals surface area (Å²) in [5.74, 6) is 0. The number of rotatable bonds is 0. The van der Waals surface area contributed by atoms with Crippen LogP contribution in [-0.4, -0.2) is 26.2 Å². The fourth-order valence-corrected chi connectivity index (χ4v) is 0. The first-order chi connectivity index (χ1) is 1.00. The summed E-state index contributed by atoms with van der Waals surface area (Å²) in [7, 11) is 0. The van der Waals surface area contributed by atoms with E-state index in [-0.39, 0.29) is 80.5 Å². The van der Waals surface area contributed by atoms with E-state index in [4.69, 9.17) is 3.67 Å². The molecule has 0 aromatic heterocycles. The van der Waals surface area contributed by atoms with Crippen molar-refractivity contribution in [3.63, 3.8) is 0 Å². The molecule has 6 heteroatoms. The Morgan fingerprint density at radius 1 is 1.17 bits per heavy atom. The fourth-order valence-electron chi connectivity index (χ4n) is 0.